The predicted octanol–water partition coefficient (Wildman–Crippen LogP) is 4.22. The summed E-state index contributed by atoms with van der Waals surface area (Å²) in [6.07, 6.45) is 0.892. The number of carbonyl (C=O) groups is 3. The van der Waals surface area contributed by atoms with E-state index in [0.29, 0.717) is 19.3 Å². The molecule has 1 saturated carbocycles. The molecule has 2 rings (SSSR count). The van der Waals surface area contributed by atoms with E-state index in [1.54, 1.807) is 20.8 Å². The van der Waals surface area contributed by atoms with Gasteiger partial charge in [-0.1, -0.05) is 6.42 Å². The molecule has 8 heteroatoms. The van der Waals surface area contributed by atoms with Crippen LogP contribution < -0.4 is 0 Å². The van der Waals surface area contributed by atoms with Crippen LogP contribution in [0.5, 0.6) is 0 Å². The molecule has 0 radical (unpaired) electrons. The summed E-state index contributed by atoms with van der Waals surface area (Å²) >= 11 is 0. The number of halogens is 2. The first kappa shape index (κ1) is 21.8. The lowest BCUT2D eigenvalue weighted by atomic mass is 9.79. The standard InChI is InChI=1S/C20H24F2O6/c1-18(2,3)27-15(23)13-7-9-14(10-8-13)16(24)28-19(11-5-4-6-12-19)20(21,22)17(25)26/h7-10H,4-6,11-12H2,1-3H3,(H,25,26). The maximum absolute atomic E-state index is 14.4. The second-order valence-corrected chi connectivity index (χ2v) is 7.90. The molecule has 1 fully saturated rings. The maximum Gasteiger partial charge on any atom is 0.381 e. The number of benzene rings is 1. The highest BCUT2D eigenvalue weighted by Crippen LogP contribution is 2.44. The van der Waals surface area contributed by atoms with Crippen molar-refractivity contribution in [3.8, 4) is 0 Å². The average Bonchev–Trinajstić information content (AvgIpc) is 2.61. The highest BCUT2D eigenvalue weighted by Gasteiger charge is 2.62. The molecule has 1 aliphatic rings. The van der Waals surface area contributed by atoms with E-state index in [-0.39, 0.29) is 24.0 Å². The number of alkyl halides is 2. The first-order valence-corrected chi connectivity index (χ1v) is 9.06. The van der Waals surface area contributed by atoms with Crippen LogP contribution in [0.4, 0.5) is 8.78 Å². The van der Waals surface area contributed by atoms with E-state index in [1.807, 2.05) is 0 Å². The number of aliphatic carboxylic acids is 1. The molecule has 0 aliphatic heterocycles. The third-order valence-electron chi connectivity index (χ3n) is 4.55. The van der Waals surface area contributed by atoms with Gasteiger partial charge in [-0.15, -0.1) is 0 Å². The van der Waals surface area contributed by atoms with Gasteiger partial charge in [0.15, 0.2) is 5.60 Å². The molecule has 0 spiro atoms. The molecule has 1 aliphatic carbocycles. The molecule has 1 N–H and O–H groups in total. The Morgan fingerprint density at radius 1 is 0.929 bits per heavy atom. The number of hydrogen-bond donors (Lipinski definition) is 1. The average molecular weight is 398 g/mol. The van der Waals surface area contributed by atoms with Gasteiger partial charge >= 0.3 is 23.8 Å². The summed E-state index contributed by atoms with van der Waals surface area (Å²) in [6.45, 7) is 5.13. The van der Waals surface area contributed by atoms with Crippen molar-refractivity contribution in [2.24, 2.45) is 0 Å². The Morgan fingerprint density at radius 2 is 1.39 bits per heavy atom. The van der Waals surface area contributed by atoms with Gasteiger partial charge in [-0.25, -0.2) is 14.4 Å². The fraction of sp³-hybridized carbons (Fsp3) is 0.550. The normalized spacial score (nSPS) is 16.9. The SMILES string of the molecule is CC(C)(C)OC(=O)c1ccc(C(=O)OC2(C(F)(F)C(=O)O)CCCCC2)cc1. The Hall–Kier alpha value is -2.51. The number of esters is 2. The second-order valence-electron chi connectivity index (χ2n) is 7.90. The number of carbonyl (C=O) groups excluding carboxylic acids is 2. The smallest absolute Gasteiger partial charge is 0.381 e. The van der Waals surface area contributed by atoms with Gasteiger partial charge in [0.2, 0.25) is 0 Å². The third kappa shape index (κ3) is 4.66. The van der Waals surface area contributed by atoms with Crippen molar-refractivity contribution in [2.75, 3.05) is 0 Å². The van der Waals surface area contributed by atoms with Crippen LogP contribution in [0.15, 0.2) is 24.3 Å². The highest BCUT2D eigenvalue weighted by atomic mass is 19.3. The summed E-state index contributed by atoms with van der Waals surface area (Å²) in [4.78, 5) is 35.5. The molecule has 0 amide bonds. The van der Waals surface area contributed by atoms with E-state index in [1.165, 1.54) is 24.3 Å². The zero-order chi connectivity index (χ0) is 21.2. The van der Waals surface area contributed by atoms with Crippen molar-refractivity contribution in [1.29, 1.82) is 0 Å². The largest absolute Gasteiger partial charge is 0.477 e. The van der Waals surface area contributed by atoms with E-state index < -0.39 is 35.0 Å². The molecule has 0 saturated heterocycles. The molecular formula is C20H24F2O6. The van der Waals surface area contributed by atoms with E-state index in [2.05, 4.69) is 0 Å². The van der Waals surface area contributed by atoms with E-state index in [4.69, 9.17) is 14.6 Å². The van der Waals surface area contributed by atoms with Gasteiger partial charge in [-0.3, -0.25) is 0 Å². The first-order chi connectivity index (χ1) is 12.9. The zero-order valence-electron chi connectivity index (χ0n) is 16.1. The molecular weight excluding hydrogens is 374 g/mol. The van der Waals surface area contributed by atoms with Gasteiger partial charge < -0.3 is 14.6 Å². The first-order valence-electron chi connectivity index (χ1n) is 9.06. The van der Waals surface area contributed by atoms with Crippen LogP contribution in [0.25, 0.3) is 0 Å². The van der Waals surface area contributed by atoms with E-state index >= 15 is 0 Å². The summed E-state index contributed by atoms with van der Waals surface area (Å²) in [5.74, 6) is -8.16. The van der Waals surface area contributed by atoms with Crippen LogP contribution in [0.1, 0.15) is 73.6 Å². The maximum atomic E-state index is 14.4. The van der Waals surface area contributed by atoms with Crippen molar-refractivity contribution in [3.05, 3.63) is 35.4 Å². The Bertz CT molecular complexity index is 743. The van der Waals surface area contributed by atoms with Gasteiger partial charge in [-0.2, -0.15) is 8.78 Å². The molecule has 1 aromatic carbocycles. The fourth-order valence-corrected chi connectivity index (χ4v) is 3.11. The predicted molar refractivity (Wildman–Crippen MR) is 95.4 cm³/mol. The summed E-state index contributed by atoms with van der Waals surface area (Å²) in [6, 6.07) is 5.18. The monoisotopic (exact) mass is 398 g/mol. The fourth-order valence-electron chi connectivity index (χ4n) is 3.11. The summed E-state index contributed by atoms with van der Waals surface area (Å²) in [7, 11) is 0. The Labute approximate surface area is 161 Å². The number of hydrogen-bond acceptors (Lipinski definition) is 5. The van der Waals surface area contributed by atoms with Crippen LogP contribution in [0.2, 0.25) is 0 Å². The molecule has 0 bridgehead atoms. The number of carboxylic acid groups (broad SMARTS) is 1. The van der Waals surface area contributed by atoms with E-state index in [0.717, 1.165) is 0 Å². The van der Waals surface area contributed by atoms with Crippen molar-refractivity contribution in [3.63, 3.8) is 0 Å². The second kappa shape index (κ2) is 7.85. The lowest BCUT2D eigenvalue weighted by Gasteiger charge is -2.40. The summed E-state index contributed by atoms with van der Waals surface area (Å²) in [5.41, 5.74) is -2.93. The van der Waals surface area contributed by atoms with Crippen molar-refractivity contribution < 1.29 is 37.7 Å². The lowest BCUT2D eigenvalue weighted by Crippen LogP contribution is -2.56. The number of rotatable bonds is 5. The van der Waals surface area contributed by atoms with Crippen LogP contribution in [-0.2, 0) is 14.3 Å². The van der Waals surface area contributed by atoms with Crippen LogP contribution in [0, 0.1) is 0 Å². The Morgan fingerprint density at radius 3 is 1.82 bits per heavy atom. The molecule has 28 heavy (non-hydrogen) atoms. The van der Waals surface area contributed by atoms with Gasteiger partial charge in [0.1, 0.15) is 5.60 Å². The number of carboxylic acids is 1. The lowest BCUT2D eigenvalue weighted by molar-refractivity contribution is -0.215. The molecule has 1 aromatic rings. The Balaban J connectivity index is 2.20. The highest BCUT2D eigenvalue weighted by molar-refractivity contribution is 5.94. The zero-order valence-corrected chi connectivity index (χ0v) is 16.1. The van der Waals surface area contributed by atoms with Gasteiger partial charge in [0.25, 0.3) is 0 Å². The minimum absolute atomic E-state index is 0.0570. The van der Waals surface area contributed by atoms with Gasteiger partial charge in [0, 0.05) is 0 Å². The quantitative estimate of drug-likeness (QED) is 0.747. The molecule has 0 unspecified atom stereocenters. The van der Waals surface area contributed by atoms with Crippen molar-refractivity contribution in [2.45, 2.75) is 70.0 Å². The minimum Gasteiger partial charge on any atom is -0.477 e. The molecule has 0 aromatic heterocycles. The van der Waals surface area contributed by atoms with Crippen LogP contribution in [-0.4, -0.2) is 40.1 Å². The molecule has 0 atom stereocenters. The summed E-state index contributed by atoms with van der Waals surface area (Å²) < 4.78 is 39.0. The van der Waals surface area contributed by atoms with Crippen LogP contribution in [0.3, 0.4) is 0 Å². The summed E-state index contributed by atoms with van der Waals surface area (Å²) in [5, 5.41) is 8.94. The van der Waals surface area contributed by atoms with Gasteiger partial charge in [0.05, 0.1) is 11.1 Å². The minimum atomic E-state index is -4.19. The number of ether oxygens (including phenoxy) is 2. The van der Waals surface area contributed by atoms with Crippen LogP contribution >= 0.6 is 0 Å². The molecule has 154 valence electrons. The van der Waals surface area contributed by atoms with E-state index in [9.17, 15) is 23.2 Å². The van der Waals surface area contributed by atoms with Gasteiger partial charge in [-0.05, 0) is 70.7 Å². The third-order valence-corrected chi connectivity index (χ3v) is 4.55. The molecule has 0 heterocycles. The van der Waals surface area contributed by atoms with Crippen molar-refractivity contribution in [1.82, 2.24) is 0 Å². The molecule has 6 nitrogen and oxygen atoms in total. The Kier molecular flexibility index (Phi) is 6.11. The topological polar surface area (TPSA) is 89.9 Å². The van der Waals surface area contributed by atoms with Crippen molar-refractivity contribution >= 4 is 17.9 Å².